The number of para-hydroxylation sites is 2. The molecule has 0 aliphatic heterocycles. The highest BCUT2D eigenvalue weighted by atomic mass is 35.5. The number of carbonyl (C=O) groups excluding carboxylic acids is 3. The molecule has 186 valence electrons. The highest BCUT2D eigenvalue weighted by Gasteiger charge is 2.23. The third kappa shape index (κ3) is 6.96. The Labute approximate surface area is 219 Å². The zero-order chi connectivity index (χ0) is 26.2. The lowest BCUT2D eigenvalue weighted by molar-refractivity contribution is -0.126. The third-order valence-electron chi connectivity index (χ3n) is 5.60. The first-order valence-electron chi connectivity index (χ1n) is 11.5. The molecule has 0 saturated heterocycles. The van der Waals surface area contributed by atoms with Gasteiger partial charge in [-0.25, -0.2) is 0 Å². The maximum Gasteiger partial charge on any atom is 0.255 e. The van der Waals surface area contributed by atoms with Gasteiger partial charge in [0.2, 0.25) is 5.91 Å². The first-order chi connectivity index (χ1) is 17.9. The van der Waals surface area contributed by atoms with Crippen molar-refractivity contribution in [3.63, 3.8) is 0 Å². The summed E-state index contributed by atoms with van der Waals surface area (Å²) in [4.78, 5) is 38.8. The predicted octanol–water partition coefficient (Wildman–Crippen LogP) is 5.21. The van der Waals surface area contributed by atoms with Crippen molar-refractivity contribution < 1.29 is 14.4 Å². The van der Waals surface area contributed by atoms with E-state index in [-0.39, 0.29) is 18.2 Å². The van der Waals surface area contributed by atoms with Crippen LogP contribution in [0, 0.1) is 0 Å². The lowest BCUT2D eigenvalue weighted by Crippen LogP contribution is -2.37. The maximum absolute atomic E-state index is 13.2. The predicted molar refractivity (Wildman–Crippen MR) is 146 cm³/mol. The molecule has 0 heterocycles. The molecule has 4 rings (SSSR count). The number of rotatable bonds is 8. The summed E-state index contributed by atoms with van der Waals surface area (Å²) in [5.41, 5.74) is 9.12. The molecule has 0 aliphatic rings. The Kier molecular flexibility index (Phi) is 8.18. The van der Waals surface area contributed by atoms with Crippen molar-refractivity contribution in [2.24, 2.45) is 0 Å². The topological polar surface area (TPSA) is 113 Å². The summed E-state index contributed by atoms with van der Waals surface area (Å²) in [6.07, 6.45) is 0.116. The number of benzene rings is 4. The van der Waals surface area contributed by atoms with Crippen LogP contribution in [0.15, 0.2) is 103 Å². The monoisotopic (exact) mass is 512 g/mol. The number of nitrogens with two attached hydrogens (primary N) is 1. The van der Waals surface area contributed by atoms with Crippen molar-refractivity contribution in [1.29, 1.82) is 0 Å². The average Bonchev–Trinajstić information content (AvgIpc) is 2.90. The van der Waals surface area contributed by atoms with Gasteiger partial charge < -0.3 is 21.7 Å². The van der Waals surface area contributed by atoms with Crippen LogP contribution in [0.1, 0.15) is 27.5 Å². The van der Waals surface area contributed by atoms with E-state index >= 15 is 0 Å². The fourth-order valence-corrected chi connectivity index (χ4v) is 3.80. The highest BCUT2D eigenvalue weighted by Crippen LogP contribution is 2.21. The summed E-state index contributed by atoms with van der Waals surface area (Å²) < 4.78 is 0. The number of hydrogen-bond donors (Lipinski definition) is 4. The quantitative estimate of drug-likeness (QED) is 0.242. The Balaban J connectivity index is 1.53. The van der Waals surface area contributed by atoms with Crippen LogP contribution in [0.4, 0.5) is 17.1 Å². The molecule has 4 aromatic rings. The molecule has 1 unspecified atom stereocenters. The summed E-state index contributed by atoms with van der Waals surface area (Å²) >= 11 is 5.94. The van der Waals surface area contributed by atoms with Crippen LogP contribution in [0.2, 0.25) is 5.02 Å². The summed E-state index contributed by atoms with van der Waals surface area (Å²) in [6, 6.07) is 28.3. The van der Waals surface area contributed by atoms with Gasteiger partial charge in [0.25, 0.3) is 11.8 Å². The Morgan fingerprint density at radius 3 is 2.08 bits per heavy atom. The van der Waals surface area contributed by atoms with E-state index in [4.69, 9.17) is 17.3 Å². The van der Waals surface area contributed by atoms with Crippen molar-refractivity contribution in [2.45, 2.75) is 12.5 Å². The molecule has 0 bridgehead atoms. The van der Waals surface area contributed by atoms with Gasteiger partial charge in [-0.3, -0.25) is 14.4 Å². The fourth-order valence-electron chi connectivity index (χ4n) is 3.67. The molecule has 37 heavy (non-hydrogen) atoms. The molecule has 0 radical (unpaired) electrons. The number of hydrogen-bond acceptors (Lipinski definition) is 4. The molecule has 7 nitrogen and oxygen atoms in total. The van der Waals surface area contributed by atoms with Gasteiger partial charge in [-0.2, -0.15) is 0 Å². The van der Waals surface area contributed by atoms with Crippen LogP contribution in [-0.4, -0.2) is 17.7 Å². The molecule has 3 amide bonds. The van der Waals surface area contributed by atoms with Crippen LogP contribution >= 0.6 is 11.6 Å². The minimum absolute atomic E-state index is 0.116. The van der Waals surface area contributed by atoms with E-state index < -0.39 is 11.9 Å². The Morgan fingerprint density at radius 1 is 0.757 bits per heavy atom. The van der Waals surface area contributed by atoms with Gasteiger partial charge in [0.1, 0.15) is 6.04 Å². The minimum atomic E-state index is -0.992. The number of amides is 3. The van der Waals surface area contributed by atoms with Crippen molar-refractivity contribution in [2.75, 3.05) is 16.4 Å². The highest BCUT2D eigenvalue weighted by molar-refractivity contribution is 6.30. The van der Waals surface area contributed by atoms with Gasteiger partial charge in [-0.05, 0) is 59.7 Å². The summed E-state index contributed by atoms with van der Waals surface area (Å²) in [7, 11) is 0. The lowest BCUT2D eigenvalue weighted by atomic mass is 10.0. The Morgan fingerprint density at radius 2 is 1.41 bits per heavy atom. The van der Waals surface area contributed by atoms with E-state index in [0.717, 1.165) is 5.56 Å². The molecular weight excluding hydrogens is 488 g/mol. The van der Waals surface area contributed by atoms with E-state index in [1.165, 1.54) is 0 Å². The summed E-state index contributed by atoms with van der Waals surface area (Å²) in [5.74, 6) is -1.10. The molecule has 5 N–H and O–H groups in total. The minimum Gasteiger partial charge on any atom is -0.397 e. The van der Waals surface area contributed by atoms with Gasteiger partial charge in [0.05, 0.1) is 17.8 Å². The average molecular weight is 513 g/mol. The van der Waals surface area contributed by atoms with Crippen LogP contribution in [-0.2, 0) is 16.0 Å². The SMILES string of the molecule is Nc1ccccc1NC(=O)c1ccc(C(NC(=O)Cc2ccccc2)C(=O)Nc2ccc(Cl)cc2)cc1. The summed E-state index contributed by atoms with van der Waals surface area (Å²) in [6.45, 7) is 0. The Hall–Kier alpha value is -4.62. The molecule has 8 heteroatoms. The van der Waals surface area contributed by atoms with Crippen molar-refractivity contribution in [3.8, 4) is 0 Å². The zero-order valence-corrected chi connectivity index (χ0v) is 20.5. The summed E-state index contributed by atoms with van der Waals surface area (Å²) in [5, 5.41) is 8.93. The molecular formula is C29H25ClN4O3. The fraction of sp³-hybridized carbons (Fsp3) is 0.0690. The van der Waals surface area contributed by atoms with E-state index in [9.17, 15) is 14.4 Å². The molecule has 0 aromatic heterocycles. The van der Waals surface area contributed by atoms with Gasteiger partial charge >= 0.3 is 0 Å². The maximum atomic E-state index is 13.2. The first kappa shape index (κ1) is 25.5. The van der Waals surface area contributed by atoms with Crippen LogP contribution < -0.4 is 21.7 Å². The third-order valence-corrected chi connectivity index (χ3v) is 5.85. The lowest BCUT2D eigenvalue weighted by Gasteiger charge is -2.19. The number of nitrogens with one attached hydrogen (secondary N) is 3. The van der Waals surface area contributed by atoms with Crippen LogP contribution in [0.3, 0.4) is 0 Å². The Bertz CT molecular complexity index is 1390. The van der Waals surface area contributed by atoms with Crippen molar-refractivity contribution in [3.05, 3.63) is 125 Å². The van der Waals surface area contributed by atoms with E-state index in [0.29, 0.717) is 33.2 Å². The number of nitrogen functional groups attached to an aromatic ring is 1. The second-order valence-corrected chi connectivity index (χ2v) is 8.76. The van der Waals surface area contributed by atoms with E-state index in [1.807, 2.05) is 30.3 Å². The van der Waals surface area contributed by atoms with Gasteiger partial charge in [0.15, 0.2) is 0 Å². The largest absolute Gasteiger partial charge is 0.397 e. The van der Waals surface area contributed by atoms with Gasteiger partial charge in [0, 0.05) is 16.3 Å². The van der Waals surface area contributed by atoms with Crippen molar-refractivity contribution >= 4 is 46.4 Å². The zero-order valence-electron chi connectivity index (χ0n) is 19.8. The van der Waals surface area contributed by atoms with Gasteiger partial charge in [-0.15, -0.1) is 0 Å². The van der Waals surface area contributed by atoms with Crippen LogP contribution in [0.5, 0.6) is 0 Å². The molecule has 1 atom stereocenters. The number of anilines is 3. The molecule has 0 aliphatic carbocycles. The number of halogens is 1. The van der Waals surface area contributed by atoms with Crippen molar-refractivity contribution in [1.82, 2.24) is 5.32 Å². The molecule has 0 saturated carbocycles. The second kappa shape index (κ2) is 11.9. The molecule has 0 fully saturated rings. The number of carbonyl (C=O) groups is 3. The normalized spacial score (nSPS) is 11.3. The smallest absolute Gasteiger partial charge is 0.255 e. The molecule has 4 aromatic carbocycles. The first-order valence-corrected chi connectivity index (χ1v) is 11.9. The second-order valence-electron chi connectivity index (χ2n) is 8.32. The van der Waals surface area contributed by atoms with E-state index in [2.05, 4.69) is 16.0 Å². The standard InChI is InChI=1S/C29H25ClN4O3/c30-22-14-16-23(17-15-22)32-29(37)27(34-26(35)18-19-6-2-1-3-7-19)20-10-12-21(13-11-20)28(36)33-25-9-5-4-8-24(25)31/h1-17,27H,18,31H2,(H,32,37)(H,33,36)(H,34,35). The van der Waals surface area contributed by atoms with Crippen LogP contribution in [0.25, 0.3) is 0 Å². The molecule has 0 spiro atoms. The van der Waals surface area contributed by atoms with E-state index in [1.54, 1.807) is 72.8 Å². The van der Waals surface area contributed by atoms with Gasteiger partial charge in [-0.1, -0.05) is 66.2 Å².